The van der Waals surface area contributed by atoms with E-state index in [1.54, 1.807) is 0 Å². The summed E-state index contributed by atoms with van der Waals surface area (Å²) in [4.78, 5) is 14.3. The van der Waals surface area contributed by atoms with Gasteiger partial charge in [0.1, 0.15) is 0 Å². The summed E-state index contributed by atoms with van der Waals surface area (Å²) in [6.07, 6.45) is 0. The Hall–Kier alpha value is -1.06. The third-order valence-corrected chi connectivity index (χ3v) is 3.78. The van der Waals surface area contributed by atoms with Crippen molar-refractivity contribution in [3.05, 3.63) is 28.8 Å². The molecule has 1 atom stereocenters. The molecular formula is C14H19ClN2O. The Bertz CT molecular complexity index is 485. The van der Waals surface area contributed by atoms with Crippen molar-refractivity contribution >= 4 is 23.2 Å². The largest absolute Gasteiger partial charge is 0.309 e. The van der Waals surface area contributed by atoms with E-state index >= 15 is 0 Å². The van der Waals surface area contributed by atoms with E-state index in [1.165, 1.54) is 0 Å². The normalized spacial score (nSPS) is 23.3. The van der Waals surface area contributed by atoms with E-state index in [2.05, 4.69) is 12.2 Å². The number of carbonyl (C=O) groups excluding carboxylic acids is 1. The Morgan fingerprint density at radius 2 is 2.11 bits per heavy atom. The lowest BCUT2D eigenvalue weighted by atomic mass is 9.96. The van der Waals surface area contributed by atoms with Crippen LogP contribution in [-0.2, 0) is 4.79 Å². The van der Waals surface area contributed by atoms with Crippen LogP contribution in [0.1, 0.15) is 26.3 Å². The van der Waals surface area contributed by atoms with Crippen LogP contribution in [-0.4, -0.2) is 24.0 Å². The first-order chi connectivity index (χ1) is 8.33. The minimum atomic E-state index is -0.535. The van der Waals surface area contributed by atoms with Gasteiger partial charge in [0.2, 0.25) is 5.91 Å². The Kier molecular flexibility index (Phi) is 3.39. The van der Waals surface area contributed by atoms with Gasteiger partial charge in [0, 0.05) is 23.3 Å². The van der Waals surface area contributed by atoms with Crippen LogP contribution >= 0.6 is 11.6 Å². The Morgan fingerprint density at radius 3 is 2.78 bits per heavy atom. The van der Waals surface area contributed by atoms with E-state index in [9.17, 15) is 4.79 Å². The van der Waals surface area contributed by atoms with Crippen molar-refractivity contribution in [1.82, 2.24) is 5.32 Å². The fourth-order valence-corrected chi connectivity index (χ4v) is 2.68. The minimum Gasteiger partial charge on any atom is -0.309 e. The Labute approximate surface area is 113 Å². The van der Waals surface area contributed by atoms with Crippen LogP contribution in [0.25, 0.3) is 0 Å². The third kappa shape index (κ3) is 2.25. The molecule has 1 amide bonds. The topological polar surface area (TPSA) is 32.3 Å². The van der Waals surface area contributed by atoms with Gasteiger partial charge in [0.25, 0.3) is 0 Å². The number of hydrogen-bond acceptors (Lipinski definition) is 2. The van der Waals surface area contributed by atoms with Crippen LogP contribution in [0.15, 0.2) is 18.2 Å². The molecule has 0 spiro atoms. The predicted molar refractivity (Wildman–Crippen MR) is 75.2 cm³/mol. The van der Waals surface area contributed by atoms with Gasteiger partial charge in [0.15, 0.2) is 0 Å². The molecule has 2 rings (SSSR count). The second-order valence-corrected chi connectivity index (χ2v) is 5.88. The molecule has 1 N–H and O–H groups in total. The molecule has 18 heavy (non-hydrogen) atoms. The molecule has 1 aromatic rings. The highest BCUT2D eigenvalue weighted by Gasteiger charge is 2.39. The van der Waals surface area contributed by atoms with E-state index in [0.29, 0.717) is 11.6 Å². The molecule has 1 saturated heterocycles. The molecule has 4 heteroatoms. The molecule has 0 aromatic heterocycles. The third-order valence-electron chi connectivity index (χ3n) is 3.37. The van der Waals surface area contributed by atoms with E-state index < -0.39 is 5.54 Å². The van der Waals surface area contributed by atoms with Gasteiger partial charge in [-0.1, -0.05) is 17.7 Å². The predicted octanol–water partition coefficient (Wildman–Crippen LogP) is 2.75. The van der Waals surface area contributed by atoms with Gasteiger partial charge in [-0.05, 0) is 45.4 Å². The summed E-state index contributed by atoms with van der Waals surface area (Å²) in [5, 5.41) is 4.01. The number of piperazine rings is 1. The summed E-state index contributed by atoms with van der Waals surface area (Å²) in [6.45, 7) is 8.53. The molecular weight excluding hydrogens is 248 g/mol. The van der Waals surface area contributed by atoms with Gasteiger partial charge in [-0.15, -0.1) is 0 Å². The second-order valence-electron chi connectivity index (χ2n) is 5.47. The van der Waals surface area contributed by atoms with Crippen molar-refractivity contribution in [2.45, 2.75) is 39.3 Å². The fraction of sp³-hybridized carbons (Fsp3) is 0.500. The highest BCUT2D eigenvalue weighted by atomic mass is 35.5. The molecule has 0 aliphatic carbocycles. The molecule has 0 radical (unpaired) electrons. The molecule has 1 fully saturated rings. The maximum atomic E-state index is 12.5. The summed E-state index contributed by atoms with van der Waals surface area (Å²) in [7, 11) is 0. The van der Waals surface area contributed by atoms with Crippen molar-refractivity contribution in [1.29, 1.82) is 0 Å². The number of nitrogens with one attached hydrogen (secondary N) is 1. The summed E-state index contributed by atoms with van der Waals surface area (Å²) >= 11 is 6.13. The van der Waals surface area contributed by atoms with E-state index in [4.69, 9.17) is 11.6 Å². The zero-order valence-electron chi connectivity index (χ0n) is 11.2. The van der Waals surface area contributed by atoms with Gasteiger partial charge < -0.3 is 4.90 Å². The van der Waals surface area contributed by atoms with Crippen LogP contribution in [0, 0.1) is 6.92 Å². The number of nitrogens with zero attached hydrogens (tertiary/aromatic N) is 1. The monoisotopic (exact) mass is 266 g/mol. The lowest BCUT2D eigenvalue weighted by Crippen LogP contribution is -2.65. The van der Waals surface area contributed by atoms with E-state index in [1.807, 2.05) is 43.9 Å². The standard InChI is InChI=1S/C14H19ClN2O/c1-9-8-17(13(18)14(3,4)16-9)12-7-5-6-11(15)10(12)2/h5-7,9,16H,8H2,1-4H3. The molecule has 0 bridgehead atoms. The zero-order valence-corrected chi connectivity index (χ0v) is 12.0. The highest BCUT2D eigenvalue weighted by Crippen LogP contribution is 2.30. The molecule has 1 aliphatic rings. The fourth-order valence-electron chi connectivity index (χ4n) is 2.51. The van der Waals surface area contributed by atoms with Crippen LogP contribution in [0.5, 0.6) is 0 Å². The number of benzene rings is 1. The summed E-state index contributed by atoms with van der Waals surface area (Å²) < 4.78 is 0. The maximum Gasteiger partial charge on any atom is 0.246 e. The number of amides is 1. The number of rotatable bonds is 1. The van der Waals surface area contributed by atoms with Crippen molar-refractivity contribution in [2.75, 3.05) is 11.4 Å². The molecule has 1 heterocycles. The first-order valence-corrected chi connectivity index (χ1v) is 6.55. The van der Waals surface area contributed by atoms with E-state index in [0.717, 1.165) is 11.3 Å². The average Bonchev–Trinajstić information content (AvgIpc) is 2.27. The Balaban J connectivity index is 2.43. The Morgan fingerprint density at radius 1 is 1.44 bits per heavy atom. The molecule has 0 saturated carbocycles. The van der Waals surface area contributed by atoms with Gasteiger partial charge in [-0.2, -0.15) is 0 Å². The first-order valence-electron chi connectivity index (χ1n) is 6.17. The molecule has 1 aliphatic heterocycles. The lowest BCUT2D eigenvalue weighted by molar-refractivity contribution is -0.125. The lowest BCUT2D eigenvalue weighted by Gasteiger charge is -2.42. The van der Waals surface area contributed by atoms with Crippen LogP contribution in [0.4, 0.5) is 5.69 Å². The highest BCUT2D eigenvalue weighted by molar-refractivity contribution is 6.31. The molecule has 1 aromatic carbocycles. The molecule has 1 unspecified atom stereocenters. The number of halogens is 1. The van der Waals surface area contributed by atoms with Crippen molar-refractivity contribution in [3.63, 3.8) is 0 Å². The quantitative estimate of drug-likeness (QED) is 0.848. The number of carbonyl (C=O) groups is 1. The van der Waals surface area contributed by atoms with Crippen LogP contribution < -0.4 is 10.2 Å². The van der Waals surface area contributed by atoms with Crippen molar-refractivity contribution in [2.24, 2.45) is 0 Å². The van der Waals surface area contributed by atoms with E-state index in [-0.39, 0.29) is 11.9 Å². The minimum absolute atomic E-state index is 0.0889. The summed E-state index contributed by atoms with van der Waals surface area (Å²) in [5.41, 5.74) is 1.33. The van der Waals surface area contributed by atoms with Gasteiger partial charge in [0.05, 0.1) is 5.54 Å². The van der Waals surface area contributed by atoms with Crippen LogP contribution in [0.3, 0.4) is 0 Å². The second kappa shape index (κ2) is 4.56. The van der Waals surface area contributed by atoms with Gasteiger partial charge in [-0.3, -0.25) is 10.1 Å². The maximum absolute atomic E-state index is 12.5. The average molecular weight is 267 g/mol. The first kappa shape index (κ1) is 13.4. The SMILES string of the molecule is Cc1c(Cl)cccc1N1CC(C)NC(C)(C)C1=O. The van der Waals surface area contributed by atoms with Gasteiger partial charge in [-0.25, -0.2) is 0 Å². The van der Waals surface area contributed by atoms with Crippen molar-refractivity contribution in [3.8, 4) is 0 Å². The number of hydrogen-bond donors (Lipinski definition) is 1. The summed E-state index contributed by atoms with van der Waals surface area (Å²) in [5.74, 6) is 0.0889. The summed E-state index contributed by atoms with van der Waals surface area (Å²) in [6, 6.07) is 5.95. The number of anilines is 1. The zero-order chi connectivity index (χ0) is 13.5. The van der Waals surface area contributed by atoms with Gasteiger partial charge >= 0.3 is 0 Å². The van der Waals surface area contributed by atoms with Crippen LogP contribution in [0.2, 0.25) is 5.02 Å². The molecule has 98 valence electrons. The van der Waals surface area contributed by atoms with Crippen molar-refractivity contribution < 1.29 is 4.79 Å². The smallest absolute Gasteiger partial charge is 0.246 e. The molecule has 3 nitrogen and oxygen atoms in total.